The minimum absolute atomic E-state index is 0.0601. The molecular formula is C11H8BrClFN3O2S. The van der Waals surface area contributed by atoms with E-state index < -0.39 is 15.8 Å². The first-order valence-electron chi connectivity index (χ1n) is 5.19. The molecule has 0 fully saturated rings. The molecule has 0 amide bonds. The SMILES string of the molecule is Nc1ncc(Br)cc1S(=O)(=O)Nc1c(F)cccc1Cl. The number of sulfonamides is 1. The molecule has 0 saturated heterocycles. The lowest BCUT2D eigenvalue weighted by Crippen LogP contribution is -2.16. The second-order valence-corrected chi connectivity index (χ2v) is 6.71. The van der Waals surface area contributed by atoms with Gasteiger partial charge in [0, 0.05) is 10.7 Å². The van der Waals surface area contributed by atoms with E-state index in [0.717, 1.165) is 6.07 Å². The zero-order chi connectivity index (χ0) is 14.9. The molecule has 3 N–H and O–H groups in total. The molecule has 0 radical (unpaired) electrons. The fourth-order valence-electron chi connectivity index (χ4n) is 1.43. The van der Waals surface area contributed by atoms with E-state index in [4.69, 9.17) is 17.3 Å². The predicted octanol–water partition coefficient (Wildman–Crippen LogP) is 3.02. The highest BCUT2D eigenvalue weighted by molar-refractivity contribution is 9.10. The smallest absolute Gasteiger partial charge is 0.265 e. The average Bonchev–Trinajstić information content (AvgIpc) is 2.37. The van der Waals surface area contributed by atoms with E-state index >= 15 is 0 Å². The molecule has 0 bridgehead atoms. The molecule has 0 saturated carbocycles. The number of anilines is 2. The van der Waals surface area contributed by atoms with Crippen molar-refractivity contribution in [3.05, 3.63) is 45.8 Å². The third-order valence-electron chi connectivity index (χ3n) is 2.34. The minimum atomic E-state index is -4.10. The molecule has 0 atom stereocenters. The van der Waals surface area contributed by atoms with Gasteiger partial charge in [0.05, 0.1) is 5.02 Å². The van der Waals surface area contributed by atoms with Crippen molar-refractivity contribution in [2.45, 2.75) is 4.90 Å². The molecule has 106 valence electrons. The maximum absolute atomic E-state index is 13.6. The zero-order valence-corrected chi connectivity index (χ0v) is 12.9. The van der Waals surface area contributed by atoms with Gasteiger partial charge in [-0.15, -0.1) is 0 Å². The van der Waals surface area contributed by atoms with E-state index in [0.29, 0.717) is 4.47 Å². The number of para-hydroxylation sites is 1. The molecule has 0 aliphatic rings. The first-order valence-corrected chi connectivity index (χ1v) is 7.84. The summed E-state index contributed by atoms with van der Waals surface area (Å²) in [6, 6.07) is 5.08. The molecule has 20 heavy (non-hydrogen) atoms. The highest BCUT2D eigenvalue weighted by Gasteiger charge is 2.21. The Morgan fingerprint density at radius 2 is 2.10 bits per heavy atom. The quantitative estimate of drug-likeness (QED) is 0.857. The monoisotopic (exact) mass is 379 g/mol. The number of benzene rings is 1. The van der Waals surface area contributed by atoms with Gasteiger partial charge in [-0.1, -0.05) is 17.7 Å². The minimum Gasteiger partial charge on any atom is -0.383 e. The maximum atomic E-state index is 13.6. The summed E-state index contributed by atoms with van der Waals surface area (Å²) in [6.07, 6.45) is 1.35. The Balaban J connectivity index is 2.49. The average molecular weight is 381 g/mol. The molecule has 5 nitrogen and oxygen atoms in total. The van der Waals surface area contributed by atoms with Gasteiger partial charge in [0.15, 0.2) is 0 Å². The van der Waals surface area contributed by atoms with Crippen LogP contribution in [0.25, 0.3) is 0 Å². The second-order valence-electron chi connectivity index (χ2n) is 3.74. The van der Waals surface area contributed by atoms with Gasteiger partial charge in [-0.3, -0.25) is 4.72 Å². The van der Waals surface area contributed by atoms with Crippen molar-refractivity contribution in [3.63, 3.8) is 0 Å². The van der Waals surface area contributed by atoms with Gasteiger partial charge in [-0.05, 0) is 34.1 Å². The Hall–Kier alpha value is -1.38. The standard InChI is InChI=1S/C11H8BrClFN3O2S/c12-6-4-9(11(15)16-5-6)20(18,19)17-10-7(13)2-1-3-8(10)14/h1-5,17H,(H2,15,16). The topological polar surface area (TPSA) is 85.1 Å². The van der Waals surface area contributed by atoms with Crippen molar-refractivity contribution in [1.29, 1.82) is 0 Å². The molecule has 0 aliphatic heterocycles. The highest BCUT2D eigenvalue weighted by atomic mass is 79.9. The number of pyridine rings is 1. The van der Waals surface area contributed by atoms with Crippen molar-refractivity contribution < 1.29 is 12.8 Å². The fourth-order valence-corrected chi connectivity index (χ4v) is 3.38. The number of nitrogen functional groups attached to an aromatic ring is 1. The molecule has 0 aliphatic carbocycles. The van der Waals surface area contributed by atoms with Crippen LogP contribution in [0.3, 0.4) is 0 Å². The lowest BCUT2D eigenvalue weighted by Gasteiger charge is -2.11. The van der Waals surface area contributed by atoms with Crippen LogP contribution < -0.4 is 10.5 Å². The van der Waals surface area contributed by atoms with Gasteiger partial charge in [-0.2, -0.15) is 0 Å². The Morgan fingerprint density at radius 3 is 2.75 bits per heavy atom. The lowest BCUT2D eigenvalue weighted by molar-refractivity contribution is 0.598. The summed E-state index contributed by atoms with van der Waals surface area (Å²) in [5.41, 5.74) is 5.19. The first-order chi connectivity index (χ1) is 9.31. The summed E-state index contributed by atoms with van der Waals surface area (Å²) in [4.78, 5) is 3.44. The predicted molar refractivity (Wildman–Crippen MR) is 78.6 cm³/mol. The molecule has 2 aromatic rings. The Kier molecular flexibility index (Phi) is 4.17. The number of nitrogens with two attached hydrogens (primary N) is 1. The molecule has 1 aromatic carbocycles. The van der Waals surface area contributed by atoms with Gasteiger partial charge in [0.2, 0.25) is 0 Å². The molecule has 2 rings (SSSR count). The van der Waals surface area contributed by atoms with Crippen LogP contribution in [0.4, 0.5) is 15.9 Å². The van der Waals surface area contributed by atoms with E-state index in [-0.39, 0.29) is 21.4 Å². The Morgan fingerprint density at radius 1 is 1.40 bits per heavy atom. The fraction of sp³-hybridized carbons (Fsp3) is 0. The summed E-state index contributed by atoms with van der Waals surface area (Å²) in [5, 5.41) is -0.0601. The largest absolute Gasteiger partial charge is 0.383 e. The van der Waals surface area contributed by atoms with Gasteiger partial charge < -0.3 is 5.73 Å². The van der Waals surface area contributed by atoms with E-state index in [1.54, 1.807) is 0 Å². The van der Waals surface area contributed by atoms with Crippen LogP contribution in [-0.4, -0.2) is 13.4 Å². The summed E-state index contributed by atoms with van der Waals surface area (Å²) in [6.45, 7) is 0. The maximum Gasteiger partial charge on any atom is 0.265 e. The normalized spacial score (nSPS) is 11.3. The van der Waals surface area contributed by atoms with Crippen molar-refractivity contribution in [1.82, 2.24) is 4.98 Å². The number of aromatic nitrogens is 1. The lowest BCUT2D eigenvalue weighted by atomic mass is 10.3. The van der Waals surface area contributed by atoms with Crippen molar-refractivity contribution in [3.8, 4) is 0 Å². The molecule has 1 heterocycles. The van der Waals surface area contributed by atoms with Crippen LogP contribution in [0.5, 0.6) is 0 Å². The molecular weight excluding hydrogens is 373 g/mol. The number of nitrogens with zero attached hydrogens (tertiary/aromatic N) is 1. The van der Waals surface area contributed by atoms with Crippen molar-refractivity contribution in [2.24, 2.45) is 0 Å². The van der Waals surface area contributed by atoms with Crippen LogP contribution in [0, 0.1) is 5.82 Å². The first kappa shape index (κ1) is 15.0. The summed E-state index contributed by atoms with van der Waals surface area (Å²) < 4.78 is 40.5. The van der Waals surface area contributed by atoms with E-state index in [2.05, 4.69) is 25.6 Å². The van der Waals surface area contributed by atoms with Gasteiger partial charge in [0.1, 0.15) is 22.2 Å². The molecule has 9 heteroatoms. The summed E-state index contributed by atoms with van der Waals surface area (Å²) in [5.74, 6) is -0.990. The zero-order valence-electron chi connectivity index (χ0n) is 9.77. The van der Waals surface area contributed by atoms with Crippen LogP contribution in [0.2, 0.25) is 5.02 Å². The number of nitrogens with one attached hydrogen (secondary N) is 1. The van der Waals surface area contributed by atoms with E-state index in [1.165, 1.54) is 24.4 Å². The van der Waals surface area contributed by atoms with Crippen LogP contribution in [0.15, 0.2) is 39.8 Å². The Bertz CT molecular complexity index is 750. The number of hydrogen-bond donors (Lipinski definition) is 2. The van der Waals surface area contributed by atoms with Crippen LogP contribution in [-0.2, 0) is 10.0 Å². The molecule has 1 aromatic heterocycles. The van der Waals surface area contributed by atoms with Gasteiger partial charge in [0.25, 0.3) is 10.0 Å². The van der Waals surface area contributed by atoms with Crippen molar-refractivity contribution >= 4 is 49.1 Å². The highest BCUT2D eigenvalue weighted by Crippen LogP contribution is 2.29. The van der Waals surface area contributed by atoms with E-state index in [9.17, 15) is 12.8 Å². The van der Waals surface area contributed by atoms with Crippen LogP contribution >= 0.6 is 27.5 Å². The Labute approximate surface area is 128 Å². The third-order valence-corrected chi connectivity index (χ3v) is 4.46. The third kappa shape index (κ3) is 3.02. The summed E-state index contributed by atoms with van der Waals surface area (Å²) in [7, 11) is -4.10. The number of rotatable bonds is 3. The van der Waals surface area contributed by atoms with E-state index in [1.807, 2.05) is 0 Å². The number of hydrogen-bond acceptors (Lipinski definition) is 4. The number of halogens is 3. The van der Waals surface area contributed by atoms with Crippen LogP contribution in [0.1, 0.15) is 0 Å². The molecule has 0 spiro atoms. The van der Waals surface area contributed by atoms with Gasteiger partial charge in [-0.25, -0.2) is 17.8 Å². The van der Waals surface area contributed by atoms with Gasteiger partial charge >= 0.3 is 0 Å². The summed E-state index contributed by atoms with van der Waals surface area (Å²) >= 11 is 8.86. The second kappa shape index (κ2) is 5.55. The molecule has 0 unspecified atom stereocenters. The van der Waals surface area contributed by atoms with Crippen molar-refractivity contribution in [2.75, 3.05) is 10.5 Å².